The van der Waals surface area contributed by atoms with Crippen molar-refractivity contribution in [3.05, 3.63) is 200 Å². The molecule has 0 N–H and O–H groups in total. The number of hydrogen-bond donors (Lipinski definition) is 0. The Hall–Kier alpha value is -7.36. The highest BCUT2D eigenvalue weighted by atomic mass is 16.3. The van der Waals surface area contributed by atoms with Crippen LogP contribution >= 0.6 is 0 Å². The average Bonchev–Trinajstić information content (AvgIpc) is 3.81. The molecule has 0 aliphatic heterocycles. The number of para-hydroxylation sites is 2. The van der Waals surface area contributed by atoms with Gasteiger partial charge in [0.2, 0.25) is 0 Å². The molecular weight excluding hydrogens is 671 g/mol. The zero-order valence-corrected chi connectivity index (χ0v) is 29.8. The molecule has 2 heterocycles. The van der Waals surface area contributed by atoms with Gasteiger partial charge in [0.25, 0.3) is 0 Å². The maximum atomic E-state index is 6.72. The van der Waals surface area contributed by atoms with Crippen LogP contribution in [-0.2, 0) is 0 Å². The Bertz CT molecular complexity index is 3090. The summed E-state index contributed by atoms with van der Waals surface area (Å²) < 4.78 is 13.4. The predicted molar refractivity (Wildman–Crippen MR) is 229 cm³/mol. The third kappa shape index (κ3) is 5.28. The third-order valence-corrected chi connectivity index (χ3v) is 10.9. The Morgan fingerprint density at radius 2 is 0.836 bits per heavy atom. The monoisotopic (exact) mass is 703 g/mol. The Morgan fingerprint density at radius 1 is 0.309 bits per heavy atom. The summed E-state index contributed by atoms with van der Waals surface area (Å²) in [7, 11) is 0. The summed E-state index contributed by atoms with van der Waals surface area (Å²) in [4.78, 5) is 2.37. The van der Waals surface area contributed by atoms with Crippen molar-refractivity contribution in [2.75, 3.05) is 4.90 Å². The van der Waals surface area contributed by atoms with Crippen LogP contribution in [0.3, 0.4) is 0 Å². The van der Waals surface area contributed by atoms with Crippen molar-refractivity contribution in [2.24, 2.45) is 0 Å². The lowest BCUT2D eigenvalue weighted by molar-refractivity contribution is 0.668. The molecular formula is C52H33NO2. The van der Waals surface area contributed by atoms with Gasteiger partial charge in [0.05, 0.1) is 5.69 Å². The molecule has 258 valence electrons. The highest BCUT2D eigenvalue weighted by Crippen LogP contribution is 2.48. The minimum absolute atomic E-state index is 0.830. The topological polar surface area (TPSA) is 29.5 Å². The zero-order chi connectivity index (χ0) is 36.3. The van der Waals surface area contributed by atoms with Crippen LogP contribution < -0.4 is 4.90 Å². The van der Waals surface area contributed by atoms with E-state index in [9.17, 15) is 0 Å². The van der Waals surface area contributed by atoms with E-state index in [2.05, 4.69) is 193 Å². The third-order valence-electron chi connectivity index (χ3n) is 10.9. The van der Waals surface area contributed by atoms with Gasteiger partial charge in [-0.05, 0) is 87.6 Å². The number of furan rings is 2. The van der Waals surface area contributed by atoms with E-state index in [1.54, 1.807) is 0 Å². The lowest BCUT2D eigenvalue weighted by Crippen LogP contribution is -2.11. The number of nitrogens with zero attached hydrogens (tertiary/aromatic N) is 1. The van der Waals surface area contributed by atoms with Gasteiger partial charge in [-0.3, -0.25) is 0 Å². The molecule has 0 spiro atoms. The number of anilines is 3. The standard InChI is InChI=1S/C52H33NO2/c1-3-12-34(13-4-1)36-22-26-40(27-23-36)53(41-28-24-37(25-29-41)35-14-5-2-6-15-35)48-32-47-46-30-38-16-7-8-17-39(38)31-50(46)54-51(47)33-45(48)44-20-11-19-43-42-18-9-10-21-49(42)55-52(43)44/h1-33H. The van der Waals surface area contributed by atoms with Crippen LogP contribution in [0.4, 0.5) is 17.1 Å². The molecule has 11 aromatic rings. The molecule has 3 heteroatoms. The first-order valence-electron chi connectivity index (χ1n) is 18.7. The molecule has 11 rings (SSSR count). The Kier molecular flexibility index (Phi) is 7.17. The number of rotatable bonds is 6. The Morgan fingerprint density at radius 3 is 1.51 bits per heavy atom. The van der Waals surface area contributed by atoms with E-state index in [-0.39, 0.29) is 0 Å². The minimum Gasteiger partial charge on any atom is -0.456 e. The summed E-state index contributed by atoms with van der Waals surface area (Å²) in [5, 5.41) is 6.66. The van der Waals surface area contributed by atoms with E-state index in [4.69, 9.17) is 8.83 Å². The summed E-state index contributed by atoms with van der Waals surface area (Å²) in [5.41, 5.74) is 13.2. The number of benzene rings is 9. The molecule has 0 saturated heterocycles. The van der Waals surface area contributed by atoms with Crippen molar-refractivity contribution in [3.63, 3.8) is 0 Å². The zero-order valence-electron chi connectivity index (χ0n) is 29.8. The summed E-state index contributed by atoms with van der Waals surface area (Å²) in [6.07, 6.45) is 0. The molecule has 0 fully saturated rings. The van der Waals surface area contributed by atoms with Gasteiger partial charge in [-0.15, -0.1) is 0 Å². The van der Waals surface area contributed by atoms with E-state index < -0.39 is 0 Å². The quantitative estimate of drug-likeness (QED) is 0.173. The molecule has 0 atom stereocenters. The van der Waals surface area contributed by atoms with Crippen molar-refractivity contribution in [2.45, 2.75) is 0 Å². The average molecular weight is 704 g/mol. The Labute approximate surface area is 317 Å². The van der Waals surface area contributed by atoms with Gasteiger partial charge in [0, 0.05) is 44.0 Å². The normalized spacial score (nSPS) is 11.6. The van der Waals surface area contributed by atoms with Gasteiger partial charge >= 0.3 is 0 Å². The van der Waals surface area contributed by atoms with E-state index >= 15 is 0 Å². The summed E-state index contributed by atoms with van der Waals surface area (Å²) >= 11 is 0. The van der Waals surface area contributed by atoms with Crippen molar-refractivity contribution in [3.8, 4) is 33.4 Å². The van der Waals surface area contributed by atoms with Crippen LogP contribution in [0.1, 0.15) is 0 Å². The van der Waals surface area contributed by atoms with Crippen molar-refractivity contribution >= 4 is 71.7 Å². The summed E-state index contributed by atoms with van der Waals surface area (Å²) in [5.74, 6) is 0. The highest BCUT2D eigenvalue weighted by Gasteiger charge is 2.24. The molecule has 0 amide bonds. The van der Waals surface area contributed by atoms with Gasteiger partial charge in [0.1, 0.15) is 22.3 Å². The second kappa shape index (κ2) is 12.6. The predicted octanol–water partition coefficient (Wildman–Crippen LogP) is 15.1. The number of hydrogen-bond acceptors (Lipinski definition) is 3. The van der Waals surface area contributed by atoms with Crippen LogP contribution in [0.2, 0.25) is 0 Å². The fourth-order valence-electron chi connectivity index (χ4n) is 8.15. The summed E-state index contributed by atoms with van der Waals surface area (Å²) in [6, 6.07) is 71.0. The molecule has 3 nitrogen and oxygen atoms in total. The van der Waals surface area contributed by atoms with Crippen molar-refractivity contribution in [1.29, 1.82) is 0 Å². The van der Waals surface area contributed by atoms with E-state index in [1.807, 2.05) is 12.1 Å². The lowest BCUT2D eigenvalue weighted by atomic mass is 9.96. The van der Waals surface area contributed by atoms with Gasteiger partial charge < -0.3 is 13.7 Å². The van der Waals surface area contributed by atoms with Gasteiger partial charge in [0.15, 0.2) is 0 Å². The first kappa shape index (κ1) is 31.2. The van der Waals surface area contributed by atoms with Crippen LogP contribution in [0.25, 0.3) is 88.0 Å². The van der Waals surface area contributed by atoms with Gasteiger partial charge in [-0.2, -0.15) is 0 Å². The first-order chi connectivity index (χ1) is 27.2. The maximum absolute atomic E-state index is 6.72. The molecule has 0 aliphatic rings. The Balaban J connectivity index is 1.20. The maximum Gasteiger partial charge on any atom is 0.143 e. The van der Waals surface area contributed by atoms with E-state index in [0.29, 0.717) is 0 Å². The van der Waals surface area contributed by atoms with Gasteiger partial charge in [-0.25, -0.2) is 0 Å². The second-order valence-electron chi connectivity index (χ2n) is 14.1. The molecule has 0 radical (unpaired) electrons. The second-order valence-corrected chi connectivity index (χ2v) is 14.1. The number of fused-ring (bicyclic) bond motifs is 7. The molecule has 0 saturated carbocycles. The molecule has 0 aliphatic carbocycles. The van der Waals surface area contributed by atoms with Crippen molar-refractivity contribution < 1.29 is 8.83 Å². The molecule has 2 aromatic heterocycles. The molecule has 55 heavy (non-hydrogen) atoms. The SMILES string of the molecule is c1ccc(-c2ccc(N(c3ccc(-c4ccccc4)cc3)c3cc4c(cc3-c3cccc5c3oc3ccccc35)oc3cc5ccccc5cc34)cc2)cc1. The van der Waals surface area contributed by atoms with Crippen LogP contribution in [0.15, 0.2) is 209 Å². The molecule has 0 bridgehead atoms. The van der Waals surface area contributed by atoms with Crippen LogP contribution in [-0.4, -0.2) is 0 Å². The molecule has 0 unspecified atom stereocenters. The van der Waals surface area contributed by atoms with Gasteiger partial charge in [-0.1, -0.05) is 146 Å². The lowest BCUT2D eigenvalue weighted by Gasteiger charge is -2.28. The van der Waals surface area contributed by atoms with Crippen LogP contribution in [0, 0.1) is 0 Å². The van der Waals surface area contributed by atoms with E-state index in [0.717, 1.165) is 77.5 Å². The highest BCUT2D eigenvalue weighted by molar-refractivity contribution is 6.15. The largest absolute Gasteiger partial charge is 0.456 e. The smallest absolute Gasteiger partial charge is 0.143 e. The van der Waals surface area contributed by atoms with Crippen LogP contribution in [0.5, 0.6) is 0 Å². The van der Waals surface area contributed by atoms with Crippen molar-refractivity contribution in [1.82, 2.24) is 0 Å². The molecule has 9 aromatic carbocycles. The van der Waals surface area contributed by atoms with E-state index in [1.165, 1.54) is 27.6 Å². The fourth-order valence-corrected chi connectivity index (χ4v) is 8.15. The first-order valence-corrected chi connectivity index (χ1v) is 18.7. The minimum atomic E-state index is 0.830. The summed E-state index contributed by atoms with van der Waals surface area (Å²) in [6.45, 7) is 0. The fraction of sp³-hybridized carbons (Fsp3) is 0.